The van der Waals surface area contributed by atoms with Crippen LogP contribution in [0.25, 0.3) is 21.5 Å². The van der Waals surface area contributed by atoms with Crippen molar-refractivity contribution in [3.63, 3.8) is 0 Å². The van der Waals surface area contributed by atoms with E-state index in [9.17, 15) is 49.1 Å². The van der Waals surface area contributed by atoms with Crippen LogP contribution in [0.3, 0.4) is 0 Å². The number of aromatic hydroxyl groups is 2. The Hall–Kier alpha value is -5.63. The van der Waals surface area contributed by atoms with Gasteiger partial charge in [0, 0.05) is 22.2 Å². The van der Waals surface area contributed by atoms with Crippen molar-refractivity contribution in [2.75, 3.05) is 0 Å². The molecule has 0 amide bonds. The molecule has 0 saturated heterocycles. The monoisotopic (exact) mass is 762 g/mol. The highest BCUT2D eigenvalue weighted by molar-refractivity contribution is 7.86. The minimum atomic E-state index is -4.92. The van der Waals surface area contributed by atoms with Crippen LogP contribution in [0.4, 0.5) is 22.7 Å². The van der Waals surface area contributed by atoms with Crippen molar-refractivity contribution in [1.29, 1.82) is 0 Å². The molecule has 0 unspecified atom stereocenters. The highest BCUT2D eigenvalue weighted by Crippen LogP contribution is 2.43. The summed E-state index contributed by atoms with van der Waals surface area (Å²) in [6, 6.07) is 23.5. The van der Waals surface area contributed by atoms with Crippen molar-refractivity contribution < 1.29 is 49.1 Å². The van der Waals surface area contributed by atoms with Crippen LogP contribution in [-0.2, 0) is 36.8 Å². The van der Waals surface area contributed by atoms with Crippen LogP contribution in [0, 0.1) is 6.92 Å². The molecule has 52 heavy (non-hydrogen) atoms. The third-order valence-electron chi connectivity index (χ3n) is 7.93. The molecule has 18 heteroatoms. The van der Waals surface area contributed by atoms with Crippen LogP contribution in [0.15, 0.2) is 132 Å². The van der Waals surface area contributed by atoms with Gasteiger partial charge < -0.3 is 10.2 Å². The molecule has 0 aliphatic rings. The van der Waals surface area contributed by atoms with E-state index >= 15 is 0 Å². The number of fused-ring (bicyclic) bond motifs is 2. The van der Waals surface area contributed by atoms with E-state index in [4.69, 9.17) is 0 Å². The van der Waals surface area contributed by atoms with Gasteiger partial charge in [-0.2, -0.15) is 35.5 Å². The maximum Gasteiger partial charge on any atom is 0.296 e. The average Bonchev–Trinajstić information content (AvgIpc) is 3.06. The fourth-order valence-electron chi connectivity index (χ4n) is 5.51. The summed E-state index contributed by atoms with van der Waals surface area (Å²) in [6.45, 7) is 1.53. The lowest BCUT2D eigenvalue weighted by molar-refractivity contribution is 0.471. The van der Waals surface area contributed by atoms with Crippen molar-refractivity contribution in [2.45, 2.75) is 28.0 Å². The molecule has 0 heterocycles. The van der Waals surface area contributed by atoms with Gasteiger partial charge in [-0.15, -0.1) is 10.2 Å². The number of hydrogen-bond acceptors (Lipinski definition) is 12. The number of aryl methyl sites for hydroxylation is 1. The Morgan fingerprint density at radius 2 is 1.21 bits per heavy atom. The maximum atomic E-state index is 12.4. The Morgan fingerprint density at radius 1 is 0.538 bits per heavy atom. The van der Waals surface area contributed by atoms with Crippen molar-refractivity contribution >= 4 is 74.6 Å². The van der Waals surface area contributed by atoms with Gasteiger partial charge >= 0.3 is 0 Å². The maximum absolute atomic E-state index is 12.4. The molecular weight excluding hydrogens is 737 g/mol. The molecular formula is C34H26N4O11S3. The van der Waals surface area contributed by atoms with E-state index in [0.29, 0.717) is 17.4 Å². The molecule has 0 spiro atoms. The largest absolute Gasteiger partial charge is 0.506 e. The molecule has 0 fully saturated rings. The summed E-state index contributed by atoms with van der Waals surface area (Å²) in [4.78, 5) is -2.07. The van der Waals surface area contributed by atoms with Crippen LogP contribution in [0.2, 0.25) is 0 Å². The number of benzene rings is 6. The predicted molar refractivity (Wildman–Crippen MR) is 189 cm³/mol. The summed E-state index contributed by atoms with van der Waals surface area (Å²) in [7, 11) is -14.6. The van der Waals surface area contributed by atoms with Gasteiger partial charge in [0.05, 0.1) is 11.4 Å². The second-order valence-electron chi connectivity index (χ2n) is 11.5. The van der Waals surface area contributed by atoms with Crippen LogP contribution in [0.5, 0.6) is 11.5 Å². The minimum Gasteiger partial charge on any atom is -0.506 e. The van der Waals surface area contributed by atoms with E-state index in [2.05, 4.69) is 20.5 Å². The van der Waals surface area contributed by atoms with Crippen molar-refractivity contribution in [1.82, 2.24) is 0 Å². The highest BCUT2D eigenvalue weighted by atomic mass is 32.2. The topological polar surface area (TPSA) is 253 Å². The minimum absolute atomic E-state index is 0.0199. The molecule has 0 atom stereocenters. The summed E-state index contributed by atoms with van der Waals surface area (Å²) in [5.74, 6) is -1.12. The molecule has 0 aliphatic heterocycles. The second kappa shape index (κ2) is 13.5. The Labute approximate surface area is 296 Å². The Bertz CT molecular complexity index is 2830. The molecule has 0 radical (unpaired) electrons. The first-order chi connectivity index (χ1) is 24.4. The zero-order valence-electron chi connectivity index (χ0n) is 26.6. The fourth-order valence-corrected chi connectivity index (χ4v) is 7.60. The van der Waals surface area contributed by atoms with Crippen molar-refractivity contribution in [3.8, 4) is 11.5 Å². The average molecular weight is 763 g/mol. The molecule has 6 rings (SSSR count). The number of nitrogens with zero attached hydrogens (tertiary/aromatic N) is 4. The molecule has 266 valence electrons. The predicted octanol–water partition coefficient (Wildman–Crippen LogP) is 7.87. The fraction of sp³-hybridized carbons (Fsp3) is 0.0588. The standard InChI is InChI=1S/C34H26N4O11S3/c1-19-12-28(29(39)18-27(19)36-35-23-16-26-25(31(17-23)51(44,45)46)8-5-9-30(26)50(41,42)43)37-38-33-32(52(47,48)49)15-22-14-21(10-11-24(22)34(33)40)13-20-6-3-2-4-7-20/h2-12,14-18,39-40H,13H2,1H3,(H,41,42,43)(H,44,45,46)(H,47,48,49). The van der Waals surface area contributed by atoms with E-state index in [0.717, 1.165) is 41.5 Å². The molecule has 6 aromatic carbocycles. The van der Waals surface area contributed by atoms with Gasteiger partial charge in [-0.25, -0.2) is 0 Å². The van der Waals surface area contributed by atoms with Crippen molar-refractivity contribution in [3.05, 3.63) is 114 Å². The number of rotatable bonds is 9. The van der Waals surface area contributed by atoms with E-state index < -0.39 is 62.2 Å². The van der Waals surface area contributed by atoms with E-state index in [-0.39, 0.29) is 33.2 Å². The molecule has 0 bridgehead atoms. The number of phenolic OH excluding ortho intramolecular Hbond substituents is 2. The quantitative estimate of drug-likeness (QED) is 0.0699. The normalized spacial score (nSPS) is 12.8. The third kappa shape index (κ3) is 7.52. The first-order valence-electron chi connectivity index (χ1n) is 14.9. The van der Waals surface area contributed by atoms with Crippen molar-refractivity contribution in [2.24, 2.45) is 20.5 Å². The Kier molecular flexibility index (Phi) is 9.38. The lowest BCUT2D eigenvalue weighted by Gasteiger charge is -2.11. The summed E-state index contributed by atoms with van der Waals surface area (Å²) >= 11 is 0. The first kappa shape index (κ1) is 36.2. The zero-order chi connectivity index (χ0) is 37.6. The lowest BCUT2D eigenvalue weighted by atomic mass is 10.0. The van der Waals surface area contributed by atoms with Gasteiger partial charge in [0.15, 0.2) is 5.75 Å². The molecule has 5 N–H and O–H groups in total. The van der Waals surface area contributed by atoms with Crippen LogP contribution in [-0.4, -0.2) is 49.1 Å². The summed E-state index contributed by atoms with van der Waals surface area (Å²) in [6.07, 6.45) is 0.525. The third-order valence-corrected chi connectivity index (χ3v) is 10.6. The summed E-state index contributed by atoms with van der Waals surface area (Å²) in [5.41, 5.74) is 1.13. The van der Waals surface area contributed by atoms with Crippen LogP contribution in [0.1, 0.15) is 16.7 Å². The highest BCUT2D eigenvalue weighted by Gasteiger charge is 2.23. The molecule has 15 nitrogen and oxygen atoms in total. The van der Waals surface area contributed by atoms with Gasteiger partial charge in [0.2, 0.25) is 0 Å². The molecule has 0 saturated carbocycles. The lowest BCUT2D eigenvalue weighted by Crippen LogP contribution is -2.03. The van der Waals surface area contributed by atoms with Gasteiger partial charge in [0.1, 0.15) is 31.8 Å². The number of azo groups is 2. The summed E-state index contributed by atoms with van der Waals surface area (Å²) in [5, 5.41) is 37.6. The number of phenols is 2. The van der Waals surface area contributed by atoms with E-state index in [1.165, 1.54) is 25.1 Å². The summed E-state index contributed by atoms with van der Waals surface area (Å²) < 4.78 is 102. The van der Waals surface area contributed by atoms with Crippen LogP contribution >= 0.6 is 0 Å². The second-order valence-corrected chi connectivity index (χ2v) is 15.7. The Morgan fingerprint density at radius 3 is 1.88 bits per heavy atom. The van der Waals surface area contributed by atoms with Gasteiger partial charge in [-0.1, -0.05) is 60.7 Å². The molecule has 0 aromatic heterocycles. The van der Waals surface area contributed by atoms with Crippen LogP contribution < -0.4 is 0 Å². The Balaban J connectivity index is 1.36. The number of hydrogen-bond donors (Lipinski definition) is 5. The SMILES string of the molecule is Cc1cc(N=Nc2c(S(=O)(=O)O)cc3cc(Cc4ccccc4)ccc3c2O)c(O)cc1N=Nc1cc(S(=O)(=O)O)c2cccc(S(=O)(=O)O)c2c1. The van der Waals surface area contributed by atoms with E-state index in [1.807, 2.05) is 30.3 Å². The first-order valence-corrected chi connectivity index (χ1v) is 19.2. The van der Waals surface area contributed by atoms with Gasteiger partial charge in [-0.05, 0) is 65.8 Å². The van der Waals surface area contributed by atoms with Gasteiger partial charge in [-0.3, -0.25) is 13.7 Å². The molecule has 6 aromatic rings. The molecule has 0 aliphatic carbocycles. The smallest absolute Gasteiger partial charge is 0.296 e. The van der Waals surface area contributed by atoms with E-state index in [1.54, 1.807) is 18.2 Å². The van der Waals surface area contributed by atoms with Gasteiger partial charge in [0.25, 0.3) is 30.4 Å². The zero-order valence-corrected chi connectivity index (χ0v) is 29.1.